The second-order valence-corrected chi connectivity index (χ2v) is 6.74. The number of hydrogen-bond donors (Lipinski definition) is 3. The quantitative estimate of drug-likeness (QED) is 0.415. The Morgan fingerprint density at radius 2 is 1.81 bits per heavy atom. The van der Waals surface area contributed by atoms with Gasteiger partial charge in [-0.25, -0.2) is 4.79 Å². The summed E-state index contributed by atoms with van der Waals surface area (Å²) in [5.41, 5.74) is 2.70. The fourth-order valence-electron chi connectivity index (χ4n) is 2.91. The van der Waals surface area contributed by atoms with Crippen molar-refractivity contribution in [3.05, 3.63) is 57.4 Å². The second-order valence-electron chi connectivity index (χ2n) is 5.93. The molecule has 3 N–H and O–H groups in total. The van der Waals surface area contributed by atoms with Gasteiger partial charge in [-0.2, -0.15) is 0 Å². The largest absolute Gasteiger partial charge is 0.478 e. The van der Waals surface area contributed by atoms with Crippen LogP contribution in [0.4, 0.5) is 0 Å². The van der Waals surface area contributed by atoms with Crippen molar-refractivity contribution in [3.8, 4) is 5.69 Å². The number of carboxylic acids is 1. The molecule has 0 radical (unpaired) electrons. The Morgan fingerprint density at radius 1 is 1.19 bits per heavy atom. The summed E-state index contributed by atoms with van der Waals surface area (Å²) in [6.45, 7) is 3.64. The van der Waals surface area contributed by atoms with Crippen LogP contribution in [0.3, 0.4) is 0 Å². The van der Waals surface area contributed by atoms with E-state index in [1.165, 1.54) is 18.2 Å². The van der Waals surface area contributed by atoms with Crippen LogP contribution in [0.5, 0.6) is 0 Å². The molecule has 3 rings (SSSR count). The lowest BCUT2D eigenvalue weighted by Crippen LogP contribution is -2.51. The Morgan fingerprint density at radius 3 is 2.41 bits per heavy atom. The highest BCUT2D eigenvalue weighted by atomic mass is 35.5. The van der Waals surface area contributed by atoms with Crippen LogP contribution >= 0.6 is 23.8 Å². The van der Waals surface area contributed by atoms with E-state index in [1.54, 1.807) is 19.1 Å². The van der Waals surface area contributed by atoms with Crippen molar-refractivity contribution < 1.29 is 19.5 Å². The Kier molecular flexibility index (Phi) is 4.86. The van der Waals surface area contributed by atoms with Crippen LogP contribution in [0.1, 0.15) is 27.3 Å². The van der Waals surface area contributed by atoms with E-state index in [4.69, 9.17) is 23.8 Å². The average Bonchev–Trinajstić information content (AvgIpc) is 2.85. The summed E-state index contributed by atoms with van der Waals surface area (Å²) < 4.78 is 1.82. The van der Waals surface area contributed by atoms with E-state index in [1.807, 2.05) is 11.5 Å². The molecule has 0 bridgehead atoms. The standard InChI is InChI=1S/C18H14ClN3O4S/c1-8-5-10(6-13-15(23)20-18(27)21-16(13)24)9(2)22(8)11-3-4-14(19)12(7-11)17(25)26/h3-7H,1-2H3,(H,25,26)(H2,20,21,23,24,27). The molecule has 138 valence electrons. The third-order valence-corrected chi connectivity index (χ3v) is 4.69. The molecule has 2 amide bonds. The fourth-order valence-corrected chi connectivity index (χ4v) is 3.29. The lowest BCUT2D eigenvalue weighted by molar-refractivity contribution is -0.123. The number of aryl methyl sites for hydroxylation is 1. The molecule has 1 aromatic heterocycles. The first-order valence-corrected chi connectivity index (χ1v) is 8.58. The van der Waals surface area contributed by atoms with E-state index in [-0.39, 0.29) is 21.3 Å². The monoisotopic (exact) mass is 403 g/mol. The van der Waals surface area contributed by atoms with Crippen molar-refractivity contribution in [1.29, 1.82) is 0 Å². The number of aromatic nitrogens is 1. The first kappa shape index (κ1) is 18.8. The van der Waals surface area contributed by atoms with Crippen LogP contribution in [0, 0.1) is 13.8 Å². The zero-order valence-electron chi connectivity index (χ0n) is 14.3. The Bertz CT molecular complexity index is 1030. The number of nitrogens with zero attached hydrogens (tertiary/aromatic N) is 1. The third kappa shape index (κ3) is 3.49. The number of carbonyl (C=O) groups excluding carboxylic acids is 2. The van der Waals surface area contributed by atoms with Crippen LogP contribution in [0.15, 0.2) is 29.8 Å². The van der Waals surface area contributed by atoms with Gasteiger partial charge in [0.25, 0.3) is 11.8 Å². The van der Waals surface area contributed by atoms with Crippen LogP contribution in [-0.4, -0.2) is 32.6 Å². The van der Waals surface area contributed by atoms with Gasteiger partial charge in [-0.05, 0) is 62.0 Å². The highest BCUT2D eigenvalue weighted by molar-refractivity contribution is 7.80. The predicted octanol–water partition coefficient (Wildman–Crippen LogP) is 2.36. The molecule has 1 aromatic carbocycles. The van der Waals surface area contributed by atoms with E-state index >= 15 is 0 Å². The molecule has 1 saturated heterocycles. The number of benzene rings is 1. The molecule has 0 unspecified atom stereocenters. The lowest BCUT2D eigenvalue weighted by atomic mass is 10.1. The first-order valence-electron chi connectivity index (χ1n) is 7.79. The molecular formula is C18H14ClN3O4S. The van der Waals surface area contributed by atoms with Crippen molar-refractivity contribution in [2.75, 3.05) is 0 Å². The topological polar surface area (TPSA) is 100 Å². The summed E-state index contributed by atoms with van der Waals surface area (Å²) >= 11 is 10.7. The van der Waals surface area contributed by atoms with Crippen LogP contribution in [0.2, 0.25) is 5.02 Å². The van der Waals surface area contributed by atoms with Gasteiger partial charge in [0.05, 0.1) is 10.6 Å². The van der Waals surface area contributed by atoms with Crippen molar-refractivity contribution >= 4 is 52.8 Å². The summed E-state index contributed by atoms with van der Waals surface area (Å²) in [5.74, 6) is -2.28. The van der Waals surface area contributed by atoms with Gasteiger partial charge in [-0.15, -0.1) is 0 Å². The summed E-state index contributed by atoms with van der Waals surface area (Å²) in [6, 6.07) is 6.48. The smallest absolute Gasteiger partial charge is 0.337 e. The van der Waals surface area contributed by atoms with Crippen molar-refractivity contribution in [2.24, 2.45) is 0 Å². The number of nitrogens with one attached hydrogen (secondary N) is 2. The number of rotatable bonds is 3. The van der Waals surface area contributed by atoms with Crippen molar-refractivity contribution in [3.63, 3.8) is 0 Å². The van der Waals surface area contributed by atoms with Gasteiger partial charge >= 0.3 is 5.97 Å². The van der Waals surface area contributed by atoms with Crippen LogP contribution in [-0.2, 0) is 9.59 Å². The Balaban J connectivity index is 2.09. The van der Waals surface area contributed by atoms with E-state index in [9.17, 15) is 19.5 Å². The van der Waals surface area contributed by atoms with E-state index in [2.05, 4.69) is 10.6 Å². The number of halogens is 1. The molecule has 0 atom stereocenters. The summed E-state index contributed by atoms with van der Waals surface area (Å²) in [4.78, 5) is 35.4. The molecule has 1 aliphatic rings. The molecular weight excluding hydrogens is 390 g/mol. The maximum Gasteiger partial charge on any atom is 0.337 e. The zero-order chi connectivity index (χ0) is 19.9. The number of thiocarbonyl (C=S) groups is 1. The molecule has 0 saturated carbocycles. The first-order chi connectivity index (χ1) is 12.7. The van der Waals surface area contributed by atoms with E-state index in [0.29, 0.717) is 11.3 Å². The fraction of sp³-hybridized carbons (Fsp3) is 0.111. The predicted molar refractivity (Wildman–Crippen MR) is 104 cm³/mol. The highest BCUT2D eigenvalue weighted by Gasteiger charge is 2.26. The molecule has 27 heavy (non-hydrogen) atoms. The van der Waals surface area contributed by atoms with Crippen LogP contribution < -0.4 is 10.6 Å². The Hall–Kier alpha value is -2.97. The van der Waals surface area contributed by atoms with Gasteiger partial charge < -0.3 is 9.67 Å². The molecule has 0 aliphatic carbocycles. The lowest BCUT2D eigenvalue weighted by Gasteiger charge is -2.16. The molecule has 7 nitrogen and oxygen atoms in total. The number of carbonyl (C=O) groups is 3. The number of hydrogen-bond acceptors (Lipinski definition) is 4. The van der Waals surface area contributed by atoms with Gasteiger partial charge in [-0.1, -0.05) is 11.6 Å². The normalized spacial score (nSPS) is 14.0. The number of carboxylic acid groups (broad SMARTS) is 1. The average molecular weight is 404 g/mol. The number of aromatic carboxylic acids is 1. The van der Waals surface area contributed by atoms with E-state index in [0.717, 1.165) is 11.4 Å². The zero-order valence-corrected chi connectivity index (χ0v) is 15.9. The highest BCUT2D eigenvalue weighted by Crippen LogP contribution is 2.26. The number of amides is 2. The molecule has 1 fully saturated rings. The minimum absolute atomic E-state index is 0.0129. The van der Waals surface area contributed by atoms with Crippen molar-refractivity contribution in [1.82, 2.24) is 15.2 Å². The van der Waals surface area contributed by atoms with Crippen molar-refractivity contribution in [2.45, 2.75) is 13.8 Å². The van der Waals surface area contributed by atoms with Crippen LogP contribution in [0.25, 0.3) is 11.8 Å². The van der Waals surface area contributed by atoms with Gasteiger partial charge in [0.2, 0.25) is 0 Å². The maximum atomic E-state index is 12.0. The van der Waals surface area contributed by atoms with Gasteiger partial charge in [0.1, 0.15) is 5.57 Å². The maximum absolute atomic E-state index is 12.0. The second kappa shape index (κ2) is 6.98. The molecule has 2 heterocycles. The van der Waals surface area contributed by atoms with Gasteiger partial charge in [0, 0.05) is 17.1 Å². The van der Waals surface area contributed by atoms with Gasteiger partial charge in [-0.3, -0.25) is 20.2 Å². The molecule has 2 aromatic rings. The van der Waals surface area contributed by atoms with E-state index < -0.39 is 17.8 Å². The molecule has 0 spiro atoms. The minimum Gasteiger partial charge on any atom is -0.478 e. The minimum atomic E-state index is -1.13. The molecule has 1 aliphatic heterocycles. The SMILES string of the molecule is Cc1cc(C=C2C(=O)NC(=S)NC2=O)c(C)n1-c1ccc(Cl)c(C(=O)O)c1. The summed E-state index contributed by atoms with van der Waals surface area (Å²) in [6.07, 6.45) is 1.47. The molecule has 9 heteroatoms. The Labute approximate surface area is 164 Å². The van der Waals surface area contributed by atoms with Gasteiger partial charge in [0.15, 0.2) is 5.11 Å². The third-order valence-electron chi connectivity index (χ3n) is 4.15. The summed E-state index contributed by atoms with van der Waals surface area (Å²) in [7, 11) is 0. The summed E-state index contributed by atoms with van der Waals surface area (Å²) in [5, 5.41) is 14.2.